The summed E-state index contributed by atoms with van der Waals surface area (Å²) in [6.45, 7) is 1.83. The van der Waals surface area contributed by atoms with E-state index in [9.17, 15) is 18.4 Å². The van der Waals surface area contributed by atoms with Crippen LogP contribution in [0.3, 0.4) is 0 Å². The molecule has 6 rings (SSSR count). The average molecular weight is 625 g/mol. The van der Waals surface area contributed by atoms with Gasteiger partial charge in [0.15, 0.2) is 0 Å². The zero-order valence-electron chi connectivity index (χ0n) is 23.8. The molecule has 8 nitrogen and oxygen atoms in total. The first-order valence-corrected chi connectivity index (χ1v) is 14.4. The van der Waals surface area contributed by atoms with E-state index < -0.39 is 29.5 Å². The third kappa shape index (κ3) is 5.40. The number of carbonyl (C=O) groups is 2. The van der Waals surface area contributed by atoms with Crippen molar-refractivity contribution in [1.82, 2.24) is 10.3 Å². The SMILES string of the molecule is COc1cc(C(=O)NC[C@H](c2cc3c(c(-c4cc(Cl)ccc4F)n2)OC[C@]3(C)C(N)=O)C2CC2)cc2c1=NC(=CC(F)F)C=2. The molecule has 1 saturated carbocycles. The summed E-state index contributed by atoms with van der Waals surface area (Å²) >= 11 is 6.21. The molecule has 0 spiro atoms. The Kier molecular flexibility index (Phi) is 7.61. The van der Waals surface area contributed by atoms with E-state index in [4.69, 9.17) is 31.8 Å². The number of rotatable bonds is 9. The third-order valence-corrected chi connectivity index (χ3v) is 8.54. The molecule has 0 radical (unpaired) electrons. The Hall–Kier alpha value is -4.38. The maximum absolute atomic E-state index is 15.1. The van der Waals surface area contributed by atoms with Gasteiger partial charge in [-0.3, -0.25) is 9.59 Å². The first-order valence-electron chi connectivity index (χ1n) is 14.0. The van der Waals surface area contributed by atoms with Crippen molar-refractivity contribution < 1.29 is 32.2 Å². The summed E-state index contributed by atoms with van der Waals surface area (Å²) in [5.41, 5.74) is 6.34. The van der Waals surface area contributed by atoms with Gasteiger partial charge in [0.05, 0.1) is 12.8 Å². The van der Waals surface area contributed by atoms with Crippen molar-refractivity contribution in [3.8, 4) is 22.8 Å². The highest BCUT2D eigenvalue weighted by Crippen LogP contribution is 2.48. The number of nitrogens with two attached hydrogens (primary N) is 1. The van der Waals surface area contributed by atoms with Crippen LogP contribution >= 0.6 is 11.6 Å². The number of fused-ring (bicyclic) bond motifs is 2. The smallest absolute Gasteiger partial charge is 0.259 e. The normalized spacial score (nSPS) is 19.9. The molecule has 3 aliphatic rings. The van der Waals surface area contributed by atoms with Gasteiger partial charge in [0.1, 0.15) is 40.4 Å². The Labute approximate surface area is 255 Å². The van der Waals surface area contributed by atoms with Crippen LogP contribution in [0.25, 0.3) is 17.3 Å². The summed E-state index contributed by atoms with van der Waals surface area (Å²) in [5, 5.41) is 4.12. The number of aromatic nitrogens is 1. The number of amides is 2. The van der Waals surface area contributed by atoms with Crippen LogP contribution < -0.4 is 31.1 Å². The van der Waals surface area contributed by atoms with Gasteiger partial charge >= 0.3 is 0 Å². The third-order valence-electron chi connectivity index (χ3n) is 8.30. The van der Waals surface area contributed by atoms with E-state index in [1.807, 2.05) is 0 Å². The Bertz CT molecular complexity index is 1860. The van der Waals surface area contributed by atoms with E-state index in [0.717, 1.165) is 18.9 Å². The molecular formula is C32H28ClF3N4O4. The average Bonchev–Trinajstić information content (AvgIpc) is 3.65. The number of pyridine rings is 1. The van der Waals surface area contributed by atoms with Crippen LogP contribution in [0.4, 0.5) is 13.2 Å². The van der Waals surface area contributed by atoms with Crippen molar-refractivity contribution in [2.75, 3.05) is 20.3 Å². The first-order chi connectivity index (χ1) is 21.0. The van der Waals surface area contributed by atoms with Crippen LogP contribution in [0.5, 0.6) is 11.5 Å². The predicted octanol–water partition coefficient (Wildman–Crippen LogP) is 4.17. The van der Waals surface area contributed by atoms with Gasteiger partial charge in [0.25, 0.3) is 12.3 Å². The fraction of sp³-hybridized carbons (Fsp3) is 0.312. The Morgan fingerprint density at radius 1 is 1.25 bits per heavy atom. The van der Waals surface area contributed by atoms with Crippen molar-refractivity contribution in [2.45, 2.75) is 37.5 Å². The summed E-state index contributed by atoms with van der Waals surface area (Å²) in [6, 6.07) is 8.95. The minimum Gasteiger partial charge on any atom is -0.494 e. The standard InChI is InChI=1S/C32H28ClF3N4O4/c1-32(31(37)42)14-44-29-22(32)12-24(40-28(29)20-10-18(33)5-6-23(20)34)21(15-3-4-15)13-38-30(41)17-7-16-8-19(11-26(35)36)39-27(16)25(9-17)43-2/h5-12,15,21,26H,3-4,13-14H2,1-2H3,(H2,37,42)(H,38,41)/t21-,32-/m0/s1. The number of methoxy groups -OCH3 is 1. The molecule has 1 aliphatic carbocycles. The van der Waals surface area contributed by atoms with E-state index in [-0.39, 0.29) is 59.0 Å². The van der Waals surface area contributed by atoms with Crippen LogP contribution in [0, 0.1) is 11.7 Å². The number of hydrogen-bond donors (Lipinski definition) is 2. The molecule has 44 heavy (non-hydrogen) atoms. The van der Waals surface area contributed by atoms with Crippen molar-refractivity contribution in [1.29, 1.82) is 0 Å². The minimum absolute atomic E-state index is 0.0273. The van der Waals surface area contributed by atoms with E-state index >= 15 is 4.39 Å². The van der Waals surface area contributed by atoms with Crippen LogP contribution in [-0.4, -0.2) is 43.5 Å². The lowest BCUT2D eigenvalue weighted by Crippen LogP contribution is -2.40. The van der Waals surface area contributed by atoms with E-state index in [0.29, 0.717) is 26.9 Å². The molecule has 2 aromatic carbocycles. The number of ether oxygens (including phenoxy) is 2. The van der Waals surface area contributed by atoms with Crippen LogP contribution in [0.15, 0.2) is 53.2 Å². The first kappa shape index (κ1) is 29.7. The van der Waals surface area contributed by atoms with Gasteiger partial charge in [0.2, 0.25) is 5.91 Å². The number of allylic oxidation sites excluding steroid dienone is 2. The van der Waals surface area contributed by atoms with Gasteiger partial charge in [-0.05, 0) is 68.2 Å². The van der Waals surface area contributed by atoms with Crippen molar-refractivity contribution in [2.24, 2.45) is 16.6 Å². The number of hydrogen-bond acceptors (Lipinski definition) is 6. The fourth-order valence-electron chi connectivity index (χ4n) is 5.66. The monoisotopic (exact) mass is 624 g/mol. The molecule has 3 heterocycles. The number of benzene rings is 2. The molecule has 0 unspecified atom stereocenters. The highest BCUT2D eigenvalue weighted by atomic mass is 35.5. The maximum Gasteiger partial charge on any atom is 0.259 e. The lowest BCUT2D eigenvalue weighted by atomic mass is 9.82. The van der Waals surface area contributed by atoms with Crippen LogP contribution in [0.2, 0.25) is 5.02 Å². The highest BCUT2D eigenvalue weighted by Gasteiger charge is 2.45. The lowest BCUT2D eigenvalue weighted by molar-refractivity contribution is -0.123. The van der Waals surface area contributed by atoms with Crippen LogP contribution in [-0.2, 0) is 10.2 Å². The summed E-state index contributed by atoms with van der Waals surface area (Å²) < 4.78 is 52.2. The van der Waals surface area contributed by atoms with Crippen molar-refractivity contribution >= 4 is 29.5 Å². The second-order valence-electron chi connectivity index (χ2n) is 11.3. The van der Waals surface area contributed by atoms with Gasteiger partial charge in [0, 0.05) is 51.2 Å². The molecule has 1 aromatic heterocycles. The molecule has 2 aliphatic heterocycles. The molecule has 0 bridgehead atoms. The summed E-state index contributed by atoms with van der Waals surface area (Å²) in [4.78, 5) is 35.0. The Morgan fingerprint density at radius 3 is 2.70 bits per heavy atom. The lowest BCUT2D eigenvalue weighted by Gasteiger charge is -2.22. The Balaban J connectivity index is 1.36. The zero-order valence-corrected chi connectivity index (χ0v) is 24.6. The quantitative estimate of drug-likeness (QED) is 0.371. The molecule has 3 aromatic rings. The van der Waals surface area contributed by atoms with Gasteiger partial charge < -0.3 is 20.5 Å². The predicted molar refractivity (Wildman–Crippen MR) is 157 cm³/mol. The molecule has 228 valence electrons. The maximum atomic E-state index is 15.1. The molecular weight excluding hydrogens is 597 g/mol. The highest BCUT2D eigenvalue weighted by molar-refractivity contribution is 6.30. The van der Waals surface area contributed by atoms with Gasteiger partial charge in [-0.1, -0.05) is 11.6 Å². The Morgan fingerprint density at radius 2 is 2.02 bits per heavy atom. The summed E-state index contributed by atoms with van der Waals surface area (Å²) in [5.74, 6) is -1.12. The van der Waals surface area contributed by atoms with E-state index in [2.05, 4.69) is 10.3 Å². The number of nitrogens with zero attached hydrogens (tertiary/aromatic N) is 2. The van der Waals surface area contributed by atoms with E-state index in [1.54, 1.807) is 19.1 Å². The van der Waals surface area contributed by atoms with Crippen molar-refractivity contribution in [3.05, 3.63) is 86.4 Å². The molecule has 3 N–H and O–H groups in total. The van der Waals surface area contributed by atoms with Gasteiger partial charge in [-0.25, -0.2) is 23.1 Å². The second kappa shape index (κ2) is 11.3. The largest absolute Gasteiger partial charge is 0.494 e. The zero-order chi connectivity index (χ0) is 31.3. The van der Waals surface area contributed by atoms with Crippen molar-refractivity contribution in [3.63, 3.8) is 0 Å². The summed E-state index contributed by atoms with van der Waals surface area (Å²) in [7, 11) is 1.41. The molecule has 1 fully saturated rings. The molecule has 0 saturated heterocycles. The molecule has 12 heteroatoms. The van der Waals surface area contributed by atoms with Gasteiger partial charge in [-0.2, -0.15) is 0 Å². The number of alkyl halides is 2. The second-order valence-corrected chi connectivity index (χ2v) is 11.8. The molecule has 2 amide bonds. The van der Waals surface area contributed by atoms with Crippen LogP contribution in [0.1, 0.15) is 47.3 Å². The fourth-order valence-corrected chi connectivity index (χ4v) is 5.83. The summed E-state index contributed by atoms with van der Waals surface area (Å²) in [6.07, 6.45) is 1.30. The minimum atomic E-state index is -2.68. The number of halogens is 4. The number of primary amides is 1. The van der Waals surface area contributed by atoms with Gasteiger partial charge in [-0.15, -0.1) is 0 Å². The molecule has 2 atom stereocenters. The number of carbonyl (C=O) groups excluding carboxylic acids is 2. The van der Waals surface area contributed by atoms with E-state index in [1.165, 1.54) is 37.5 Å². The number of nitrogens with one attached hydrogen (secondary N) is 1. The topological polar surface area (TPSA) is 116 Å².